The van der Waals surface area contributed by atoms with Gasteiger partial charge in [0, 0.05) is 17.7 Å². The van der Waals surface area contributed by atoms with Crippen LogP contribution in [0, 0.1) is 10.1 Å². The van der Waals surface area contributed by atoms with E-state index >= 15 is 0 Å². The first-order valence-electron chi connectivity index (χ1n) is 7.28. The standard InChI is InChI=1S/C17H17N3O3/c1-2-6-16(13-7-4-3-5-8-13)18-19-17(21)14-9-11-15(12-10-14)20(22)23/h3-5,7-12H,2,6H2,1H3,(H,19,21)/b18-16+. The Hall–Kier alpha value is -3.02. The minimum absolute atomic E-state index is 0.0546. The van der Waals surface area contributed by atoms with Crippen molar-refractivity contribution >= 4 is 17.3 Å². The predicted molar refractivity (Wildman–Crippen MR) is 88.4 cm³/mol. The van der Waals surface area contributed by atoms with E-state index in [9.17, 15) is 14.9 Å². The van der Waals surface area contributed by atoms with E-state index in [1.807, 2.05) is 37.3 Å². The molecular weight excluding hydrogens is 294 g/mol. The van der Waals surface area contributed by atoms with Crippen LogP contribution < -0.4 is 5.43 Å². The summed E-state index contributed by atoms with van der Waals surface area (Å²) in [6.07, 6.45) is 1.64. The first kappa shape index (κ1) is 16.4. The molecule has 0 aliphatic heterocycles. The second kappa shape index (κ2) is 7.84. The van der Waals surface area contributed by atoms with Crippen LogP contribution in [0.4, 0.5) is 5.69 Å². The lowest BCUT2D eigenvalue weighted by atomic mass is 10.1. The van der Waals surface area contributed by atoms with Crippen LogP contribution in [0.25, 0.3) is 0 Å². The first-order chi connectivity index (χ1) is 11.1. The number of hydrazone groups is 1. The Bertz CT molecular complexity index is 710. The summed E-state index contributed by atoms with van der Waals surface area (Å²) < 4.78 is 0. The molecule has 0 heterocycles. The highest BCUT2D eigenvalue weighted by Crippen LogP contribution is 2.12. The molecule has 0 aliphatic rings. The van der Waals surface area contributed by atoms with Crippen molar-refractivity contribution in [2.45, 2.75) is 19.8 Å². The van der Waals surface area contributed by atoms with Crippen LogP contribution in [0.1, 0.15) is 35.7 Å². The van der Waals surface area contributed by atoms with E-state index in [2.05, 4.69) is 10.5 Å². The third-order valence-electron chi connectivity index (χ3n) is 3.23. The first-order valence-corrected chi connectivity index (χ1v) is 7.28. The summed E-state index contributed by atoms with van der Waals surface area (Å²) in [5, 5.41) is 14.8. The van der Waals surface area contributed by atoms with E-state index in [0.29, 0.717) is 5.56 Å². The molecule has 0 fully saturated rings. The van der Waals surface area contributed by atoms with Crippen LogP contribution in [0.5, 0.6) is 0 Å². The van der Waals surface area contributed by atoms with Crippen molar-refractivity contribution in [3.8, 4) is 0 Å². The smallest absolute Gasteiger partial charge is 0.267 e. The Balaban J connectivity index is 2.12. The maximum Gasteiger partial charge on any atom is 0.271 e. The minimum Gasteiger partial charge on any atom is -0.267 e. The molecule has 1 N–H and O–H groups in total. The van der Waals surface area contributed by atoms with Crippen LogP contribution in [0.15, 0.2) is 59.7 Å². The molecule has 6 nitrogen and oxygen atoms in total. The van der Waals surface area contributed by atoms with Crippen molar-refractivity contribution in [2.75, 3.05) is 0 Å². The van der Waals surface area contributed by atoms with Gasteiger partial charge in [0.25, 0.3) is 11.6 Å². The number of non-ortho nitro benzene ring substituents is 1. The Morgan fingerprint density at radius 3 is 2.30 bits per heavy atom. The van der Waals surface area contributed by atoms with E-state index in [-0.39, 0.29) is 5.69 Å². The van der Waals surface area contributed by atoms with Gasteiger partial charge in [-0.25, -0.2) is 5.43 Å². The molecule has 0 saturated carbocycles. The van der Waals surface area contributed by atoms with Crippen LogP contribution in [-0.2, 0) is 0 Å². The van der Waals surface area contributed by atoms with Crippen molar-refractivity contribution in [1.82, 2.24) is 5.43 Å². The highest BCUT2D eigenvalue weighted by molar-refractivity contribution is 6.02. The molecule has 2 aromatic rings. The van der Waals surface area contributed by atoms with E-state index in [4.69, 9.17) is 0 Å². The second-order valence-corrected chi connectivity index (χ2v) is 4.92. The summed E-state index contributed by atoms with van der Waals surface area (Å²) in [5.41, 5.74) is 4.53. The van der Waals surface area contributed by atoms with E-state index in [1.165, 1.54) is 24.3 Å². The Labute approximate surface area is 134 Å². The van der Waals surface area contributed by atoms with Crippen molar-refractivity contribution < 1.29 is 9.72 Å². The summed E-state index contributed by atoms with van der Waals surface area (Å²) >= 11 is 0. The topological polar surface area (TPSA) is 84.6 Å². The number of hydrogen-bond acceptors (Lipinski definition) is 4. The number of nitrogens with one attached hydrogen (secondary N) is 1. The number of nitro benzene ring substituents is 1. The predicted octanol–water partition coefficient (Wildman–Crippen LogP) is 3.53. The summed E-state index contributed by atoms with van der Waals surface area (Å²) in [6, 6.07) is 15.0. The number of carbonyl (C=O) groups is 1. The van der Waals surface area contributed by atoms with Gasteiger partial charge in [0.2, 0.25) is 0 Å². The van der Waals surface area contributed by atoms with Gasteiger partial charge in [-0.05, 0) is 24.1 Å². The lowest BCUT2D eigenvalue weighted by molar-refractivity contribution is -0.384. The molecule has 0 radical (unpaired) electrons. The second-order valence-electron chi connectivity index (χ2n) is 4.92. The molecule has 6 heteroatoms. The Kier molecular flexibility index (Phi) is 5.57. The van der Waals surface area contributed by atoms with Gasteiger partial charge in [-0.2, -0.15) is 5.10 Å². The molecule has 2 aromatic carbocycles. The molecule has 23 heavy (non-hydrogen) atoms. The summed E-state index contributed by atoms with van der Waals surface area (Å²) in [5.74, 6) is -0.399. The van der Waals surface area contributed by atoms with Crippen molar-refractivity contribution in [2.24, 2.45) is 5.10 Å². The van der Waals surface area contributed by atoms with Gasteiger partial charge < -0.3 is 0 Å². The lowest BCUT2D eigenvalue weighted by Gasteiger charge is -2.06. The molecule has 118 valence electrons. The molecule has 0 bridgehead atoms. The average Bonchev–Trinajstić information content (AvgIpc) is 2.59. The molecule has 0 aromatic heterocycles. The van der Waals surface area contributed by atoms with Gasteiger partial charge in [0.05, 0.1) is 10.6 Å². The molecule has 0 saturated heterocycles. The number of hydrogen-bond donors (Lipinski definition) is 1. The monoisotopic (exact) mass is 311 g/mol. The fourth-order valence-corrected chi connectivity index (χ4v) is 2.05. The average molecular weight is 311 g/mol. The number of carbonyl (C=O) groups excluding carboxylic acids is 1. The summed E-state index contributed by atoms with van der Waals surface area (Å²) in [4.78, 5) is 22.2. The molecule has 0 spiro atoms. The van der Waals surface area contributed by atoms with Crippen molar-refractivity contribution in [3.05, 3.63) is 75.8 Å². The van der Waals surface area contributed by atoms with Gasteiger partial charge >= 0.3 is 0 Å². The van der Waals surface area contributed by atoms with Crippen LogP contribution in [0.2, 0.25) is 0 Å². The molecule has 0 aliphatic carbocycles. The van der Waals surface area contributed by atoms with Crippen molar-refractivity contribution in [3.63, 3.8) is 0 Å². The third-order valence-corrected chi connectivity index (χ3v) is 3.23. The molecule has 0 atom stereocenters. The van der Waals surface area contributed by atoms with Gasteiger partial charge in [-0.3, -0.25) is 14.9 Å². The van der Waals surface area contributed by atoms with Crippen LogP contribution >= 0.6 is 0 Å². The summed E-state index contributed by atoms with van der Waals surface area (Å²) in [6.45, 7) is 2.04. The zero-order valence-electron chi connectivity index (χ0n) is 12.7. The fraction of sp³-hybridized carbons (Fsp3) is 0.176. The highest BCUT2D eigenvalue weighted by Gasteiger charge is 2.09. The third kappa shape index (κ3) is 4.47. The maximum atomic E-state index is 12.1. The van der Waals surface area contributed by atoms with Gasteiger partial charge in [0.1, 0.15) is 0 Å². The molecule has 2 rings (SSSR count). The maximum absolute atomic E-state index is 12.1. The van der Waals surface area contributed by atoms with Gasteiger partial charge in [0.15, 0.2) is 0 Å². The number of rotatable bonds is 6. The zero-order chi connectivity index (χ0) is 16.7. The highest BCUT2D eigenvalue weighted by atomic mass is 16.6. The number of nitrogens with zero attached hydrogens (tertiary/aromatic N) is 2. The minimum atomic E-state index is -0.505. The number of nitro groups is 1. The normalized spacial score (nSPS) is 11.1. The fourth-order valence-electron chi connectivity index (χ4n) is 2.05. The van der Waals surface area contributed by atoms with Crippen LogP contribution in [0.3, 0.4) is 0 Å². The molecular formula is C17H17N3O3. The molecule has 1 amide bonds. The lowest BCUT2D eigenvalue weighted by Crippen LogP contribution is -2.20. The van der Waals surface area contributed by atoms with E-state index < -0.39 is 10.8 Å². The number of benzene rings is 2. The SMILES string of the molecule is CCC/C(=N\NC(=O)c1ccc([N+](=O)[O-])cc1)c1ccccc1. The molecule has 0 unspecified atom stereocenters. The quantitative estimate of drug-likeness (QED) is 0.503. The van der Waals surface area contributed by atoms with E-state index in [0.717, 1.165) is 24.1 Å². The Morgan fingerprint density at radius 2 is 1.74 bits per heavy atom. The van der Waals surface area contributed by atoms with Gasteiger partial charge in [-0.15, -0.1) is 0 Å². The van der Waals surface area contributed by atoms with E-state index in [1.54, 1.807) is 0 Å². The van der Waals surface area contributed by atoms with Gasteiger partial charge in [-0.1, -0.05) is 43.7 Å². The van der Waals surface area contributed by atoms with Crippen molar-refractivity contribution in [1.29, 1.82) is 0 Å². The Morgan fingerprint density at radius 1 is 1.09 bits per heavy atom. The zero-order valence-corrected chi connectivity index (χ0v) is 12.7. The van der Waals surface area contributed by atoms with Crippen LogP contribution in [-0.4, -0.2) is 16.5 Å². The largest absolute Gasteiger partial charge is 0.271 e. The number of amides is 1. The summed E-state index contributed by atoms with van der Waals surface area (Å²) in [7, 11) is 0.